The fourth-order valence-electron chi connectivity index (χ4n) is 2.70. The number of aliphatic imine (C=N–C) groups is 1. The number of benzene rings is 1. The molecule has 2 N–H and O–H groups in total. The molecule has 0 radical (unpaired) electrons. The quantitative estimate of drug-likeness (QED) is 0.274. The molecule has 1 atom stereocenters. The number of rotatable bonds is 11. The topological polar surface area (TPSA) is 48.9 Å². The highest BCUT2D eigenvalue weighted by atomic mass is 127. The molecule has 0 fully saturated rings. The molecule has 27 heavy (non-hydrogen) atoms. The molecule has 0 aliphatic rings. The highest BCUT2D eigenvalue weighted by Gasteiger charge is 2.10. The van der Waals surface area contributed by atoms with Gasteiger partial charge in [-0.2, -0.15) is 8.78 Å². The van der Waals surface area contributed by atoms with Gasteiger partial charge in [-0.15, -0.1) is 24.0 Å². The first-order valence-electron chi connectivity index (χ1n) is 9.22. The Morgan fingerprint density at radius 3 is 2.48 bits per heavy atom. The van der Waals surface area contributed by atoms with Gasteiger partial charge in [-0.1, -0.05) is 32.0 Å². The molecule has 156 valence electrons. The van der Waals surface area contributed by atoms with Crippen LogP contribution in [0.25, 0.3) is 0 Å². The van der Waals surface area contributed by atoms with Gasteiger partial charge in [0.25, 0.3) is 0 Å². The molecule has 0 aliphatic carbocycles. The molecule has 1 aromatic carbocycles. The standard InChI is InChI=1S/C19H32F2N4O.HI/c1-5-25(6-2)13-9-10-15(3)24-19(22-4)23-14-16-11-7-8-12-17(16)26-18(20)21;/h7-8,11-12,15,18H,5-6,9-10,13-14H2,1-4H3,(H2,22,23,24);1H. The second-order valence-electron chi connectivity index (χ2n) is 6.13. The van der Waals surface area contributed by atoms with Crippen LogP contribution >= 0.6 is 24.0 Å². The molecule has 0 aliphatic heterocycles. The molecule has 0 heterocycles. The third-order valence-corrected chi connectivity index (χ3v) is 4.25. The summed E-state index contributed by atoms with van der Waals surface area (Å²) in [4.78, 5) is 6.61. The van der Waals surface area contributed by atoms with E-state index in [1.807, 2.05) is 0 Å². The van der Waals surface area contributed by atoms with Crippen molar-refractivity contribution in [1.82, 2.24) is 15.5 Å². The molecule has 0 aromatic heterocycles. The Labute approximate surface area is 179 Å². The van der Waals surface area contributed by atoms with Gasteiger partial charge < -0.3 is 20.3 Å². The minimum absolute atomic E-state index is 0. The molecule has 1 unspecified atom stereocenters. The molecule has 8 heteroatoms. The third-order valence-electron chi connectivity index (χ3n) is 4.25. The lowest BCUT2D eigenvalue weighted by molar-refractivity contribution is -0.0504. The molecule has 1 rings (SSSR count). The smallest absolute Gasteiger partial charge is 0.387 e. The number of ether oxygens (including phenoxy) is 1. The summed E-state index contributed by atoms with van der Waals surface area (Å²) in [5.41, 5.74) is 0.657. The van der Waals surface area contributed by atoms with E-state index in [0.29, 0.717) is 18.1 Å². The molecule has 0 saturated heterocycles. The van der Waals surface area contributed by atoms with Crippen molar-refractivity contribution in [2.75, 3.05) is 26.7 Å². The maximum atomic E-state index is 12.5. The fourth-order valence-corrected chi connectivity index (χ4v) is 2.70. The number of guanidine groups is 1. The van der Waals surface area contributed by atoms with Crippen LogP contribution in [0.2, 0.25) is 0 Å². The highest BCUT2D eigenvalue weighted by molar-refractivity contribution is 14.0. The summed E-state index contributed by atoms with van der Waals surface area (Å²) in [7, 11) is 1.69. The predicted molar refractivity (Wildman–Crippen MR) is 118 cm³/mol. The van der Waals surface area contributed by atoms with Gasteiger partial charge in [0.05, 0.1) is 0 Å². The lowest BCUT2D eigenvalue weighted by Crippen LogP contribution is -2.42. The lowest BCUT2D eigenvalue weighted by atomic mass is 10.1. The van der Waals surface area contributed by atoms with Crippen LogP contribution in [0.4, 0.5) is 8.78 Å². The fraction of sp³-hybridized carbons (Fsp3) is 0.632. The van der Waals surface area contributed by atoms with E-state index in [9.17, 15) is 8.78 Å². The van der Waals surface area contributed by atoms with Gasteiger partial charge in [-0.05, 0) is 45.5 Å². The van der Waals surface area contributed by atoms with Crippen LogP contribution in [-0.2, 0) is 6.54 Å². The van der Waals surface area contributed by atoms with E-state index in [0.717, 1.165) is 32.5 Å². The molecular formula is C19H33F2IN4O. The van der Waals surface area contributed by atoms with E-state index in [2.05, 4.69) is 46.0 Å². The Bertz CT molecular complexity index is 542. The van der Waals surface area contributed by atoms with Crippen LogP contribution in [0.5, 0.6) is 5.75 Å². The average Bonchev–Trinajstić information content (AvgIpc) is 2.63. The minimum atomic E-state index is -2.83. The van der Waals surface area contributed by atoms with Crippen molar-refractivity contribution in [3.8, 4) is 5.75 Å². The largest absolute Gasteiger partial charge is 0.434 e. The zero-order chi connectivity index (χ0) is 19.4. The third kappa shape index (κ3) is 10.7. The predicted octanol–water partition coefficient (Wildman–Crippen LogP) is 4.08. The number of nitrogens with one attached hydrogen (secondary N) is 2. The van der Waals surface area contributed by atoms with E-state index in [1.54, 1.807) is 25.2 Å². The van der Waals surface area contributed by atoms with Crippen molar-refractivity contribution in [3.05, 3.63) is 29.8 Å². The normalized spacial score (nSPS) is 12.7. The van der Waals surface area contributed by atoms with Crippen molar-refractivity contribution < 1.29 is 13.5 Å². The van der Waals surface area contributed by atoms with E-state index in [4.69, 9.17) is 0 Å². The Morgan fingerprint density at radius 2 is 1.89 bits per heavy atom. The van der Waals surface area contributed by atoms with Gasteiger partial charge >= 0.3 is 6.61 Å². The van der Waals surface area contributed by atoms with Crippen molar-refractivity contribution in [3.63, 3.8) is 0 Å². The van der Waals surface area contributed by atoms with Crippen molar-refractivity contribution >= 4 is 29.9 Å². The van der Waals surface area contributed by atoms with Crippen LogP contribution in [0, 0.1) is 0 Å². The number of hydrogen-bond donors (Lipinski definition) is 2. The van der Waals surface area contributed by atoms with Crippen LogP contribution < -0.4 is 15.4 Å². The first kappa shape index (κ1) is 25.8. The Morgan fingerprint density at radius 1 is 1.22 bits per heavy atom. The summed E-state index contributed by atoms with van der Waals surface area (Å²) >= 11 is 0. The molecule has 0 bridgehead atoms. The second kappa shape index (κ2) is 14.8. The molecule has 0 spiro atoms. The Hall–Kier alpha value is -1.16. The Balaban J connectivity index is 0.00000676. The van der Waals surface area contributed by atoms with Gasteiger partial charge in [0.1, 0.15) is 5.75 Å². The second-order valence-corrected chi connectivity index (χ2v) is 6.13. The van der Waals surface area contributed by atoms with Gasteiger partial charge in [0.15, 0.2) is 5.96 Å². The summed E-state index contributed by atoms with van der Waals surface area (Å²) in [6, 6.07) is 7.03. The number of hydrogen-bond acceptors (Lipinski definition) is 3. The molecule has 5 nitrogen and oxygen atoms in total. The van der Waals surface area contributed by atoms with Crippen molar-refractivity contribution in [2.24, 2.45) is 4.99 Å². The maximum absolute atomic E-state index is 12.5. The zero-order valence-electron chi connectivity index (χ0n) is 16.7. The minimum Gasteiger partial charge on any atom is -0.434 e. The van der Waals surface area contributed by atoms with Gasteiger partial charge in [-0.3, -0.25) is 4.99 Å². The van der Waals surface area contributed by atoms with Gasteiger partial charge in [0.2, 0.25) is 0 Å². The van der Waals surface area contributed by atoms with Gasteiger partial charge in [-0.25, -0.2) is 0 Å². The lowest BCUT2D eigenvalue weighted by Gasteiger charge is -2.21. The van der Waals surface area contributed by atoms with E-state index in [-0.39, 0.29) is 35.8 Å². The highest BCUT2D eigenvalue weighted by Crippen LogP contribution is 2.19. The van der Waals surface area contributed by atoms with Crippen LogP contribution in [0.1, 0.15) is 39.2 Å². The zero-order valence-corrected chi connectivity index (χ0v) is 19.0. The van der Waals surface area contributed by atoms with Crippen LogP contribution in [0.3, 0.4) is 0 Å². The maximum Gasteiger partial charge on any atom is 0.387 e. The number of para-hydroxylation sites is 1. The number of alkyl halides is 2. The number of halogens is 3. The van der Waals surface area contributed by atoms with Crippen molar-refractivity contribution in [1.29, 1.82) is 0 Å². The van der Waals surface area contributed by atoms with Crippen LogP contribution in [0.15, 0.2) is 29.3 Å². The van der Waals surface area contributed by atoms with E-state index in [1.165, 1.54) is 6.07 Å². The molecule has 0 saturated carbocycles. The molecular weight excluding hydrogens is 465 g/mol. The Kier molecular flexibility index (Phi) is 14.2. The number of nitrogens with zero attached hydrogens (tertiary/aromatic N) is 2. The summed E-state index contributed by atoms with van der Waals surface area (Å²) in [6.45, 7) is 7.21. The summed E-state index contributed by atoms with van der Waals surface area (Å²) in [5.74, 6) is 0.824. The first-order valence-corrected chi connectivity index (χ1v) is 9.22. The van der Waals surface area contributed by atoms with Crippen molar-refractivity contribution in [2.45, 2.75) is 52.8 Å². The average molecular weight is 498 g/mol. The summed E-state index contributed by atoms with van der Waals surface area (Å²) in [5, 5.41) is 6.49. The summed E-state index contributed by atoms with van der Waals surface area (Å²) < 4.78 is 29.5. The van der Waals surface area contributed by atoms with Gasteiger partial charge in [0, 0.05) is 25.2 Å². The summed E-state index contributed by atoms with van der Waals surface area (Å²) in [6.07, 6.45) is 2.14. The van der Waals surface area contributed by atoms with E-state index >= 15 is 0 Å². The van der Waals surface area contributed by atoms with Crippen LogP contribution in [-0.4, -0.2) is 50.2 Å². The molecule has 1 aromatic rings. The molecule has 0 amide bonds. The monoisotopic (exact) mass is 498 g/mol. The first-order chi connectivity index (χ1) is 12.5. The van der Waals surface area contributed by atoms with E-state index < -0.39 is 6.61 Å². The SMILES string of the molecule is CCN(CC)CCCC(C)NC(=NC)NCc1ccccc1OC(F)F.I.